The molecule has 8 nitrogen and oxygen atoms in total. The Kier molecular flexibility index (Phi) is 5.26. The fraction of sp³-hybridized carbons (Fsp3) is 0.481. The number of nitriles is 1. The van der Waals surface area contributed by atoms with Gasteiger partial charge in [0.25, 0.3) is 0 Å². The van der Waals surface area contributed by atoms with Crippen LogP contribution in [0, 0.1) is 11.3 Å². The van der Waals surface area contributed by atoms with E-state index >= 15 is 0 Å². The average molecular weight is 471 g/mol. The fourth-order valence-corrected chi connectivity index (χ4v) is 6.58. The first-order valence-corrected chi connectivity index (χ1v) is 12.5. The van der Waals surface area contributed by atoms with Gasteiger partial charge in [-0.05, 0) is 82.7 Å². The maximum absolute atomic E-state index is 9.91. The Morgan fingerprint density at radius 2 is 2.14 bits per heavy atom. The van der Waals surface area contributed by atoms with Crippen LogP contribution in [0.4, 0.5) is 5.69 Å². The van der Waals surface area contributed by atoms with E-state index in [0.717, 1.165) is 62.0 Å². The second-order valence-electron chi connectivity index (χ2n) is 10.2. The number of nitrogens with zero attached hydrogens (tertiary/aromatic N) is 5. The molecule has 1 aliphatic heterocycles. The Hall–Kier alpha value is -3.44. The zero-order chi connectivity index (χ0) is 24.2. The number of nitrogens with two attached hydrogens (primary N) is 1. The number of nitrogen functional groups attached to an aromatic ring is 1. The molecule has 1 fully saturated rings. The average Bonchev–Trinajstić information content (AvgIpc) is 3.58. The van der Waals surface area contributed by atoms with E-state index in [1.54, 1.807) is 12.3 Å². The predicted molar refractivity (Wildman–Crippen MR) is 131 cm³/mol. The maximum Gasteiger partial charge on any atom is 0.217 e. The summed E-state index contributed by atoms with van der Waals surface area (Å²) >= 11 is 0. The van der Waals surface area contributed by atoms with Gasteiger partial charge < -0.3 is 15.0 Å². The van der Waals surface area contributed by atoms with Crippen LogP contribution < -0.4 is 10.5 Å². The highest BCUT2D eigenvalue weighted by Gasteiger charge is 2.49. The standard InChI is InChI=1S/C27H30N6O2/c1-16(21-6-4-14-33(21)2)34-22-10-13-30-26(31-22)24-18-5-3-11-27(25(18)35-32-24)12-9-17-7-8-20(29)19(15-28)23(17)27/h7-8,10,13,16,21H,3-6,9,11-12,14,29H2,1-2H3/t16-,21-,27?/m0/s1. The van der Waals surface area contributed by atoms with Crippen molar-refractivity contribution in [3.8, 4) is 23.5 Å². The third kappa shape index (κ3) is 3.41. The molecule has 8 heteroatoms. The minimum absolute atomic E-state index is 0.0320. The number of ether oxygens (including phenoxy) is 1. The highest BCUT2D eigenvalue weighted by Crippen LogP contribution is 2.54. The summed E-state index contributed by atoms with van der Waals surface area (Å²) < 4.78 is 12.3. The van der Waals surface area contributed by atoms with E-state index in [9.17, 15) is 5.26 Å². The molecular weight excluding hydrogens is 440 g/mol. The van der Waals surface area contributed by atoms with Crippen molar-refractivity contribution in [3.63, 3.8) is 0 Å². The summed E-state index contributed by atoms with van der Waals surface area (Å²) in [6, 6.07) is 8.44. The molecule has 1 aromatic carbocycles. The zero-order valence-electron chi connectivity index (χ0n) is 20.3. The molecule has 1 unspecified atom stereocenters. The number of aromatic nitrogens is 3. The van der Waals surface area contributed by atoms with Gasteiger partial charge in [-0.3, -0.25) is 4.90 Å². The molecule has 35 heavy (non-hydrogen) atoms. The lowest BCUT2D eigenvalue weighted by Crippen LogP contribution is -2.38. The van der Waals surface area contributed by atoms with Crippen molar-refractivity contribution in [1.82, 2.24) is 20.0 Å². The lowest BCUT2D eigenvalue weighted by Gasteiger charge is -2.33. The molecule has 1 spiro atoms. The largest absolute Gasteiger partial charge is 0.473 e. The number of likely N-dealkylation sites (N-methyl/N-ethyl adjacent to an activating group) is 1. The van der Waals surface area contributed by atoms with Crippen molar-refractivity contribution in [2.45, 2.75) is 69.4 Å². The second-order valence-corrected chi connectivity index (χ2v) is 10.2. The molecule has 0 saturated carbocycles. The lowest BCUT2D eigenvalue weighted by atomic mass is 9.68. The first-order valence-electron chi connectivity index (χ1n) is 12.5. The molecule has 2 aromatic heterocycles. The highest BCUT2D eigenvalue weighted by atomic mass is 16.5. The molecule has 0 amide bonds. The van der Waals surface area contributed by atoms with Gasteiger partial charge in [0.2, 0.25) is 5.88 Å². The Bertz CT molecular complexity index is 1330. The minimum Gasteiger partial charge on any atom is -0.473 e. The van der Waals surface area contributed by atoms with E-state index in [0.29, 0.717) is 34.7 Å². The summed E-state index contributed by atoms with van der Waals surface area (Å²) in [4.78, 5) is 11.6. The lowest BCUT2D eigenvalue weighted by molar-refractivity contribution is 0.117. The van der Waals surface area contributed by atoms with Gasteiger partial charge in [0, 0.05) is 29.6 Å². The number of aryl methyl sites for hydroxylation is 1. The van der Waals surface area contributed by atoms with Crippen LogP contribution in [-0.4, -0.2) is 45.8 Å². The van der Waals surface area contributed by atoms with Crippen molar-refractivity contribution in [1.29, 1.82) is 5.26 Å². The summed E-state index contributed by atoms with van der Waals surface area (Å²) in [5.74, 6) is 1.91. The molecule has 6 rings (SSSR count). The van der Waals surface area contributed by atoms with Crippen LogP contribution in [0.1, 0.15) is 67.0 Å². The molecule has 2 N–H and O–H groups in total. The number of anilines is 1. The van der Waals surface area contributed by atoms with Crippen LogP contribution in [0.5, 0.6) is 5.88 Å². The molecule has 1 saturated heterocycles. The van der Waals surface area contributed by atoms with Gasteiger partial charge >= 0.3 is 0 Å². The van der Waals surface area contributed by atoms with Crippen molar-refractivity contribution >= 4 is 5.69 Å². The van der Waals surface area contributed by atoms with E-state index < -0.39 is 0 Å². The summed E-state index contributed by atoms with van der Waals surface area (Å²) in [6.45, 7) is 3.20. The summed E-state index contributed by atoms with van der Waals surface area (Å²) in [6.07, 6.45) is 8.59. The van der Waals surface area contributed by atoms with Crippen molar-refractivity contribution in [2.24, 2.45) is 0 Å². The molecule has 2 aliphatic carbocycles. The molecule has 180 valence electrons. The third-order valence-corrected chi connectivity index (χ3v) is 8.26. The molecule has 3 aliphatic rings. The third-order valence-electron chi connectivity index (χ3n) is 8.26. The fourth-order valence-electron chi connectivity index (χ4n) is 6.58. The number of hydrogen-bond acceptors (Lipinski definition) is 8. The van der Waals surface area contributed by atoms with E-state index in [1.165, 1.54) is 12.0 Å². The summed E-state index contributed by atoms with van der Waals surface area (Å²) in [5.41, 5.74) is 10.9. The Morgan fingerprint density at radius 1 is 1.26 bits per heavy atom. The van der Waals surface area contributed by atoms with Gasteiger partial charge in [-0.2, -0.15) is 10.2 Å². The second kappa shape index (κ2) is 8.35. The number of rotatable bonds is 4. The predicted octanol–water partition coefficient (Wildman–Crippen LogP) is 4.02. The van der Waals surface area contributed by atoms with Crippen LogP contribution >= 0.6 is 0 Å². The number of benzene rings is 1. The molecule has 3 atom stereocenters. The SMILES string of the molecule is C[C@H](Oc1ccnc(-c2noc3c2CCCC32CCc3ccc(N)c(C#N)c32)n1)[C@@H]1CCCN1C. The normalized spacial score (nSPS) is 24.2. The Balaban J connectivity index is 1.36. The van der Waals surface area contributed by atoms with Crippen LogP contribution in [0.15, 0.2) is 28.9 Å². The quantitative estimate of drug-likeness (QED) is 0.569. The van der Waals surface area contributed by atoms with Gasteiger partial charge in [-0.15, -0.1) is 0 Å². The van der Waals surface area contributed by atoms with E-state index in [4.69, 9.17) is 20.0 Å². The molecule has 3 heterocycles. The van der Waals surface area contributed by atoms with Gasteiger partial charge in [-0.1, -0.05) is 11.2 Å². The Labute approximate surface area is 205 Å². The smallest absolute Gasteiger partial charge is 0.217 e. The minimum atomic E-state index is -0.371. The maximum atomic E-state index is 9.91. The van der Waals surface area contributed by atoms with Gasteiger partial charge in [0.1, 0.15) is 12.2 Å². The first-order chi connectivity index (χ1) is 17.0. The van der Waals surface area contributed by atoms with Crippen molar-refractivity contribution in [3.05, 3.63) is 52.4 Å². The van der Waals surface area contributed by atoms with Crippen LogP contribution in [-0.2, 0) is 18.3 Å². The first kappa shape index (κ1) is 22.1. The van der Waals surface area contributed by atoms with E-state index in [2.05, 4.69) is 41.1 Å². The van der Waals surface area contributed by atoms with Crippen LogP contribution in [0.3, 0.4) is 0 Å². The monoisotopic (exact) mass is 470 g/mol. The summed E-state index contributed by atoms with van der Waals surface area (Å²) in [7, 11) is 2.15. The van der Waals surface area contributed by atoms with Crippen molar-refractivity contribution in [2.75, 3.05) is 19.3 Å². The molecular formula is C27H30N6O2. The topological polar surface area (TPSA) is 114 Å². The molecule has 3 aromatic rings. The van der Waals surface area contributed by atoms with Gasteiger partial charge in [0.15, 0.2) is 17.3 Å². The molecule has 0 radical (unpaired) electrons. The summed E-state index contributed by atoms with van der Waals surface area (Å²) in [5, 5.41) is 14.4. The Morgan fingerprint density at radius 3 is 2.94 bits per heavy atom. The van der Waals surface area contributed by atoms with Gasteiger partial charge in [0.05, 0.1) is 11.0 Å². The van der Waals surface area contributed by atoms with Gasteiger partial charge in [-0.25, -0.2) is 4.98 Å². The number of fused-ring (bicyclic) bond motifs is 4. The highest BCUT2D eigenvalue weighted by molar-refractivity contribution is 5.68. The van der Waals surface area contributed by atoms with E-state index in [-0.39, 0.29) is 11.5 Å². The molecule has 0 bridgehead atoms. The number of hydrogen-bond donors (Lipinski definition) is 1. The number of likely N-dealkylation sites (tertiary alicyclic amines) is 1. The zero-order valence-corrected chi connectivity index (χ0v) is 20.3. The van der Waals surface area contributed by atoms with Crippen molar-refractivity contribution < 1.29 is 9.26 Å². The van der Waals surface area contributed by atoms with Crippen LogP contribution in [0.2, 0.25) is 0 Å². The van der Waals surface area contributed by atoms with Crippen LogP contribution in [0.25, 0.3) is 11.5 Å². The van der Waals surface area contributed by atoms with E-state index in [1.807, 2.05) is 6.07 Å².